The highest BCUT2D eigenvalue weighted by Crippen LogP contribution is 2.48. The van der Waals surface area contributed by atoms with Crippen molar-refractivity contribution in [2.75, 3.05) is 13.2 Å². The van der Waals surface area contributed by atoms with Crippen LogP contribution in [0.4, 0.5) is 0 Å². The summed E-state index contributed by atoms with van der Waals surface area (Å²) in [6.45, 7) is 0.824. The van der Waals surface area contributed by atoms with Crippen LogP contribution in [0.2, 0.25) is 0 Å². The van der Waals surface area contributed by atoms with Gasteiger partial charge in [-0.25, -0.2) is 0 Å². The van der Waals surface area contributed by atoms with Gasteiger partial charge in [0.25, 0.3) is 0 Å². The Labute approximate surface area is 107 Å². The maximum atomic E-state index is 11.3. The molecule has 0 amide bonds. The predicted octanol–water partition coefficient (Wildman–Crippen LogP) is 1.56. The molecule has 4 nitrogen and oxygen atoms in total. The Kier molecular flexibility index (Phi) is 3.99. The molecule has 1 saturated carbocycles. The molecule has 1 aliphatic rings. The van der Waals surface area contributed by atoms with Crippen molar-refractivity contribution >= 4 is 5.97 Å². The smallest absolute Gasteiger partial charge is 0.325 e. The SMILES string of the molecule is O=C(O)C(NCC1(CCO)CC1)c1ccccc1. The zero-order valence-corrected chi connectivity index (χ0v) is 10.3. The molecule has 0 aliphatic heterocycles. The molecule has 4 heteroatoms. The first-order valence-electron chi connectivity index (χ1n) is 6.29. The predicted molar refractivity (Wildman–Crippen MR) is 68.2 cm³/mol. The van der Waals surface area contributed by atoms with Gasteiger partial charge in [-0.1, -0.05) is 30.3 Å². The minimum absolute atomic E-state index is 0.122. The van der Waals surface area contributed by atoms with Crippen LogP contribution in [0.15, 0.2) is 30.3 Å². The Hall–Kier alpha value is -1.39. The summed E-state index contributed by atoms with van der Waals surface area (Å²) in [6.07, 6.45) is 2.89. The maximum Gasteiger partial charge on any atom is 0.325 e. The fourth-order valence-electron chi connectivity index (χ4n) is 2.24. The van der Waals surface area contributed by atoms with E-state index in [1.165, 1.54) is 0 Å². The van der Waals surface area contributed by atoms with Gasteiger partial charge in [-0.3, -0.25) is 4.79 Å². The van der Waals surface area contributed by atoms with Crippen LogP contribution < -0.4 is 5.32 Å². The first kappa shape index (κ1) is 13.1. The van der Waals surface area contributed by atoms with Gasteiger partial charge in [-0.2, -0.15) is 0 Å². The number of hydrogen-bond acceptors (Lipinski definition) is 3. The summed E-state index contributed by atoms with van der Waals surface area (Å²) < 4.78 is 0. The molecule has 1 atom stereocenters. The number of rotatable bonds is 7. The average molecular weight is 249 g/mol. The zero-order chi connectivity index (χ0) is 13.0. The number of carboxylic acid groups (broad SMARTS) is 1. The number of hydrogen-bond donors (Lipinski definition) is 3. The largest absolute Gasteiger partial charge is 0.480 e. The van der Waals surface area contributed by atoms with E-state index in [1.807, 2.05) is 30.3 Å². The summed E-state index contributed by atoms with van der Waals surface area (Å²) in [6, 6.07) is 8.52. The molecular weight excluding hydrogens is 230 g/mol. The van der Waals surface area contributed by atoms with Gasteiger partial charge >= 0.3 is 5.97 Å². The highest BCUT2D eigenvalue weighted by Gasteiger charge is 2.42. The van der Waals surface area contributed by atoms with Gasteiger partial charge in [-0.05, 0) is 30.2 Å². The number of aliphatic carboxylic acids is 1. The second-order valence-electron chi connectivity index (χ2n) is 5.04. The van der Waals surface area contributed by atoms with Crippen molar-refractivity contribution in [3.05, 3.63) is 35.9 Å². The summed E-state index contributed by atoms with van der Waals surface area (Å²) >= 11 is 0. The summed E-state index contributed by atoms with van der Waals surface area (Å²) in [5.41, 5.74) is 0.891. The lowest BCUT2D eigenvalue weighted by Crippen LogP contribution is -2.33. The van der Waals surface area contributed by atoms with Gasteiger partial charge in [0, 0.05) is 13.2 Å². The molecule has 1 aromatic rings. The van der Waals surface area contributed by atoms with Crippen LogP contribution in [0.25, 0.3) is 0 Å². The van der Waals surface area contributed by atoms with Crippen molar-refractivity contribution < 1.29 is 15.0 Å². The lowest BCUT2D eigenvalue weighted by molar-refractivity contribution is -0.139. The second kappa shape index (κ2) is 5.50. The topological polar surface area (TPSA) is 69.6 Å². The zero-order valence-electron chi connectivity index (χ0n) is 10.3. The molecule has 1 aromatic carbocycles. The van der Waals surface area contributed by atoms with Gasteiger partial charge in [0.15, 0.2) is 0 Å². The van der Waals surface area contributed by atoms with E-state index in [2.05, 4.69) is 5.32 Å². The number of aliphatic hydroxyl groups excluding tert-OH is 1. The van der Waals surface area contributed by atoms with Crippen LogP contribution >= 0.6 is 0 Å². The Morgan fingerprint density at radius 3 is 2.50 bits per heavy atom. The quantitative estimate of drug-likeness (QED) is 0.686. The van der Waals surface area contributed by atoms with Crippen molar-refractivity contribution in [3.8, 4) is 0 Å². The minimum atomic E-state index is -0.860. The number of benzene rings is 1. The fraction of sp³-hybridized carbons (Fsp3) is 0.500. The molecule has 0 heterocycles. The summed E-state index contributed by atoms with van der Waals surface area (Å²) in [7, 11) is 0. The van der Waals surface area contributed by atoms with Crippen LogP contribution in [-0.2, 0) is 4.79 Å². The van der Waals surface area contributed by atoms with Crippen molar-refractivity contribution in [2.45, 2.75) is 25.3 Å². The number of aliphatic hydroxyl groups is 1. The van der Waals surface area contributed by atoms with Gasteiger partial charge in [0.2, 0.25) is 0 Å². The van der Waals surface area contributed by atoms with E-state index in [4.69, 9.17) is 5.11 Å². The molecule has 18 heavy (non-hydrogen) atoms. The Morgan fingerprint density at radius 2 is 2.00 bits per heavy atom. The molecule has 0 saturated heterocycles. The van der Waals surface area contributed by atoms with Gasteiger partial charge < -0.3 is 15.5 Å². The molecule has 1 fully saturated rings. The van der Waals surface area contributed by atoms with Crippen molar-refractivity contribution in [3.63, 3.8) is 0 Å². The van der Waals surface area contributed by atoms with E-state index in [-0.39, 0.29) is 12.0 Å². The molecule has 1 unspecified atom stereocenters. The molecule has 0 bridgehead atoms. The highest BCUT2D eigenvalue weighted by atomic mass is 16.4. The van der Waals surface area contributed by atoms with E-state index >= 15 is 0 Å². The normalized spacial score (nSPS) is 18.3. The number of carboxylic acids is 1. The second-order valence-corrected chi connectivity index (χ2v) is 5.04. The van der Waals surface area contributed by atoms with E-state index in [1.54, 1.807) is 0 Å². The lowest BCUT2D eigenvalue weighted by Gasteiger charge is -2.19. The monoisotopic (exact) mass is 249 g/mol. The third-order valence-corrected chi connectivity index (χ3v) is 3.66. The fourth-order valence-corrected chi connectivity index (χ4v) is 2.24. The van der Waals surface area contributed by atoms with Crippen LogP contribution in [-0.4, -0.2) is 29.3 Å². The van der Waals surface area contributed by atoms with E-state index in [9.17, 15) is 9.90 Å². The Balaban J connectivity index is 1.98. The first-order chi connectivity index (χ1) is 8.67. The molecule has 3 N–H and O–H groups in total. The minimum Gasteiger partial charge on any atom is -0.480 e. The summed E-state index contributed by atoms with van der Waals surface area (Å²) in [4.78, 5) is 11.3. The third-order valence-electron chi connectivity index (χ3n) is 3.66. The van der Waals surface area contributed by atoms with Gasteiger partial charge in [0.05, 0.1) is 0 Å². The standard InChI is InChI=1S/C14H19NO3/c16-9-8-14(6-7-14)10-15-12(13(17)18)11-4-2-1-3-5-11/h1-5,12,15-16H,6-10H2,(H,17,18). The molecular formula is C14H19NO3. The molecule has 0 aromatic heterocycles. The first-order valence-corrected chi connectivity index (χ1v) is 6.29. The number of carbonyl (C=O) groups is 1. The highest BCUT2D eigenvalue weighted by molar-refractivity contribution is 5.75. The van der Waals surface area contributed by atoms with E-state index in [0.717, 1.165) is 24.8 Å². The van der Waals surface area contributed by atoms with Crippen molar-refractivity contribution in [1.29, 1.82) is 0 Å². The molecule has 1 aliphatic carbocycles. The molecule has 2 rings (SSSR count). The van der Waals surface area contributed by atoms with Crippen LogP contribution in [0.1, 0.15) is 30.9 Å². The molecule has 0 radical (unpaired) electrons. The summed E-state index contributed by atoms with van der Waals surface area (Å²) in [5, 5.41) is 21.4. The molecule has 0 spiro atoms. The van der Waals surface area contributed by atoms with Gasteiger partial charge in [0.1, 0.15) is 6.04 Å². The van der Waals surface area contributed by atoms with Crippen LogP contribution in [0, 0.1) is 5.41 Å². The number of nitrogens with one attached hydrogen (secondary N) is 1. The Morgan fingerprint density at radius 1 is 1.33 bits per heavy atom. The average Bonchev–Trinajstić information content (AvgIpc) is 3.11. The van der Waals surface area contributed by atoms with E-state index < -0.39 is 12.0 Å². The lowest BCUT2D eigenvalue weighted by atomic mass is 10.0. The third kappa shape index (κ3) is 3.09. The van der Waals surface area contributed by atoms with Crippen molar-refractivity contribution in [2.24, 2.45) is 5.41 Å². The van der Waals surface area contributed by atoms with Crippen LogP contribution in [0.5, 0.6) is 0 Å². The van der Waals surface area contributed by atoms with E-state index in [0.29, 0.717) is 6.54 Å². The van der Waals surface area contributed by atoms with Crippen LogP contribution in [0.3, 0.4) is 0 Å². The maximum absolute atomic E-state index is 11.3. The summed E-state index contributed by atoms with van der Waals surface area (Å²) in [5.74, 6) is -0.860. The molecule has 98 valence electrons. The van der Waals surface area contributed by atoms with Gasteiger partial charge in [-0.15, -0.1) is 0 Å². The Bertz CT molecular complexity index is 401. The van der Waals surface area contributed by atoms with Crippen molar-refractivity contribution in [1.82, 2.24) is 5.32 Å².